The van der Waals surface area contributed by atoms with Gasteiger partial charge in [-0.05, 0) is 30.7 Å². The van der Waals surface area contributed by atoms with Crippen LogP contribution in [0.4, 0.5) is 0 Å². The number of rotatable bonds is 3. The lowest BCUT2D eigenvalue weighted by Crippen LogP contribution is -2.16. The van der Waals surface area contributed by atoms with Crippen molar-refractivity contribution in [3.05, 3.63) is 60.4 Å². The topological polar surface area (TPSA) is 44.1 Å². The van der Waals surface area contributed by atoms with Gasteiger partial charge in [0.1, 0.15) is 12.3 Å². The molecule has 0 amide bonds. The molecule has 0 bridgehead atoms. The van der Waals surface area contributed by atoms with Crippen molar-refractivity contribution in [1.82, 2.24) is 9.55 Å². The second-order valence-corrected chi connectivity index (χ2v) is 4.60. The molecule has 0 fully saturated rings. The first-order valence-electron chi connectivity index (χ1n) is 6.40. The Bertz CT molecular complexity index is 762. The van der Waals surface area contributed by atoms with Crippen molar-refractivity contribution in [3.63, 3.8) is 0 Å². The van der Waals surface area contributed by atoms with Crippen molar-refractivity contribution in [1.29, 1.82) is 0 Å². The summed E-state index contributed by atoms with van der Waals surface area (Å²) in [4.78, 5) is 16.3. The zero-order valence-electron chi connectivity index (χ0n) is 11.1. The Kier molecular flexibility index (Phi) is 3.21. The maximum absolute atomic E-state index is 12.0. The lowest BCUT2D eigenvalue weighted by Gasteiger charge is -2.07. The van der Waals surface area contributed by atoms with Crippen LogP contribution in [0.25, 0.3) is 11.0 Å². The molecule has 0 aliphatic heterocycles. The number of imidazole rings is 1. The number of aryl methyl sites for hydroxylation is 1. The highest BCUT2D eigenvalue weighted by atomic mass is 16.5. The van der Waals surface area contributed by atoms with Crippen LogP contribution in [0.3, 0.4) is 0 Å². The van der Waals surface area contributed by atoms with Crippen LogP contribution in [0.1, 0.15) is 5.56 Å². The highest BCUT2D eigenvalue weighted by Crippen LogP contribution is 2.17. The Morgan fingerprint density at radius 2 is 1.90 bits per heavy atom. The standard InChI is InChI=1S/C16H14N2O2/c1-12-6-2-5-9-15(12)20-16(19)10-18-11-17-13-7-3-4-8-14(13)18/h2-9,11H,10H2,1H3. The molecule has 1 aromatic heterocycles. The molecule has 0 saturated carbocycles. The Morgan fingerprint density at radius 3 is 2.75 bits per heavy atom. The molecular weight excluding hydrogens is 252 g/mol. The number of para-hydroxylation sites is 3. The van der Waals surface area contributed by atoms with Crippen LogP contribution in [0.5, 0.6) is 5.75 Å². The van der Waals surface area contributed by atoms with E-state index < -0.39 is 0 Å². The van der Waals surface area contributed by atoms with Crippen LogP contribution in [0.15, 0.2) is 54.9 Å². The fourth-order valence-electron chi connectivity index (χ4n) is 2.10. The number of hydrogen-bond acceptors (Lipinski definition) is 3. The molecule has 0 radical (unpaired) electrons. The van der Waals surface area contributed by atoms with Crippen molar-refractivity contribution in [2.75, 3.05) is 0 Å². The van der Waals surface area contributed by atoms with Crippen LogP contribution in [-0.2, 0) is 11.3 Å². The lowest BCUT2D eigenvalue weighted by atomic mass is 10.2. The van der Waals surface area contributed by atoms with Gasteiger partial charge in [0.05, 0.1) is 17.4 Å². The number of carbonyl (C=O) groups is 1. The van der Waals surface area contributed by atoms with E-state index in [1.807, 2.05) is 49.4 Å². The van der Waals surface area contributed by atoms with Gasteiger partial charge in [-0.25, -0.2) is 9.78 Å². The van der Waals surface area contributed by atoms with E-state index in [2.05, 4.69) is 4.98 Å². The minimum absolute atomic E-state index is 0.148. The van der Waals surface area contributed by atoms with Crippen LogP contribution in [0, 0.1) is 6.92 Å². The third kappa shape index (κ3) is 2.40. The van der Waals surface area contributed by atoms with E-state index >= 15 is 0 Å². The Hall–Kier alpha value is -2.62. The average molecular weight is 266 g/mol. The summed E-state index contributed by atoms with van der Waals surface area (Å²) in [6.07, 6.45) is 1.66. The summed E-state index contributed by atoms with van der Waals surface area (Å²) >= 11 is 0. The van der Waals surface area contributed by atoms with Gasteiger partial charge in [0.15, 0.2) is 0 Å². The first kappa shape index (κ1) is 12.4. The van der Waals surface area contributed by atoms with Crippen molar-refractivity contribution >= 4 is 17.0 Å². The Labute approximate surface area is 116 Å². The molecular formula is C16H14N2O2. The van der Waals surface area contributed by atoms with Crippen molar-refractivity contribution in [3.8, 4) is 5.75 Å². The number of fused-ring (bicyclic) bond motifs is 1. The summed E-state index contributed by atoms with van der Waals surface area (Å²) in [5.74, 6) is 0.296. The van der Waals surface area contributed by atoms with Crippen molar-refractivity contribution in [2.24, 2.45) is 0 Å². The molecule has 3 aromatic rings. The van der Waals surface area contributed by atoms with Crippen LogP contribution in [-0.4, -0.2) is 15.5 Å². The molecule has 4 nitrogen and oxygen atoms in total. The molecule has 3 rings (SSSR count). The molecule has 100 valence electrons. The monoisotopic (exact) mass is 266 g/mol. The first-order valence-corrected chi connectivity index (χ1v) is 6.40. The zero-order valence-corrected chi connectivity index (χ0v) is 11.1. The fraction of sp³-hybridized carbons (Fsp3) is 0.125. The summed E-state index contributed by atoms with van der Waals surface area (Å²) in [7, 11) is 0. The number of ether oxygens (including phenoxy) is 1. The van der Waals surface area contributed by atoms with E-state index in [4.69, 9.17) is 4.74 Å². The van der Waals surface area contributed by atoms with Gasteiger partial charge in [0.2, 0.25) is 0 Å². The van der Waals surface area contributed by atoms with Crippen molar-refractivity contribution in [2.45, 2.75) is 13.5 Å². The maximum atomic E-state index is 12.0. The lowest BCUT2D eigenvalue weighted by molar-refractivity contribution is -0.135. The van der Waals surface area contributed by atoms with Gasteiger partial charge in [-0.15, -0.1) is 0 Å². The Morgan fingerprint density at radius 1 is 1.15 bits per heavy atom. The molecule has 2 aromatic carbocycles. The van der Waals surface area contributed by atoms with Gasteiger partial charge in [-0.1, -0.05) is 30.3 Å². The third-order valence-corrected chi connectivity index (χ3v) is 3.14. The first-order chi connectivity index (χ1) is 9.74. The van der Waals surface area contributed by atoms with Gasteiger partial charge in [0.25, 0.3) is 0 Å². The minimum atomic E-state index is -0.303. The normalized spacial score (nSPS) is 10.7. The maximum Gasteiger partial charge on any atom is 0.331 e. The highest BCUT2D eigenvalue weighted by molar-refractivity contribution is 5.79. The molecule has 20 heavy (non-hydrogen) atoms. The highest BCUT2D eigenvalue weighted by Gasteiger charge is 2.10. The molecule has 0 saturated heterocycles. The second kappa shape index (κ2) is 5.17. The summed E-state index contributed by atoms with van der Waals surface area (Å²) in [5.41, 5.74) is 2.74. The number of esters is 1. The van der Waals surface area contributed by atoms with Crippen LogP contribution < -0.4 is 4.74 Å². The molecule has 0 spiro atoms. The van der Waals surface area contributed by atoms with E-state index in [9.17, 15) is 4.79 Å². The summed E-state index contributed by atoms with van der Waals surface area (Å²) in [5, 5.41) is 0. The molecule has 0 unspecified atom stereocenters. The summed E-state index contributed by atoms with van der Waals surface area (Å²) in [6.45, 7) is 2.06. The van der Waals surface area contributed by atoms with Gasteiger partial charge in [0, 0.05) is 0 Å². The van der Waals surface area contributed by atoms with Gasteiger partial charge in [-0.2, -0.15) is 0 Å². The van der Waals surface area contributed by atoms with E-state index in [1.165, 1.54) is 0 Å². The number of aromatic nitrogens is 2. The van der Waals surface area contributed by atoms with Crippen molar-refractivity contribution < 1.29 is 9.53 Å². The van der Waals surface area contributed by atoms with Gasteiger partial charge >= 0.3 is 5.97 Å². The molecule has 0 atom stereocenters. The predicted molar refractivity (Wildman–Crippen MR) is 76.5 cm³/mol. The molecule has 1 heterocycles. The average Bonchev–Trinajstić information content (AvgIpc) is 2.85. The number of nitrogens with zero attached hydrogens (tertiary/aromatic N) is 2. The van der Waals surface area contributed by atoms with Crippen LogP contribution in [0.2, 0.25) is 0 Å². The number of hydrogen-bond donors (Lipinski definition) is 0. The molecule has 0 N–H and O–H groups in total. The summed E-state index contributed by atoms with van der Waals surface area (Å²) in [6, 6.07) is 15.2. The van der Waals surface area contributed by atoms with Gasteiger partial charge in [-0.3, -0.25) is 0 Å². The largest absolute Gasteiger partial charge is 0.425 e. The third-order valence-electron chi connectivity index (χ3n) is 3.14. The molecule has 0 aliphatic carbocycles. The predicted octanol–water partition coefficient (Wildman–Crippen LogP) is 2.95. The van der Waals surface area contributed by atoms with E-state index in [0.717, 1.165) is 16.6 Å². The van der Waals surface area contributed by atoms with Crippen LogP contribution >= 0.6 is 0 Å². The number of carbonyl (C=O) groups excluding carboxylic acids is 1. The molecule has 4 heteroatoms. The second-order valence-electron chi connectivity index (χ2n) is 4.60. The Balaban J connectivity index is 1.78. The SMILES string of the molecule is Cc1ccccc1OC(=O)Cn1cnc2ccccc21. The fourth-order valence-corrected chi connectivity index (χ4v) is 2.10. The number of benzene rings is 2. The van der Waals surface area contributed by atoms with E-state index in [-0.39, 0.29) is 12.5 Å². The quantitative estimate of drug-likeness (QED) is 0.541. The smallest absolute Gasteiger partial charge is 0.331 e. The molecule has 0 aliphatic rings. The van der Waals surface area contributed by atoms with E-state index in [1.54, 1.807) is 17.0 Å². The zero-order chi connectivity index (χ0) is 13.9. The summed E-state index contributed by atoms with van der Waals surface area (Å²) < 4.78 is 7.17. The minimum Gasteiger partial charge on any atom is -0.425 e. The van der Waals surface area contributed by atoms with E-state index in [0.29, 0.717) is 5.75 Å². The van der Waals surface area contributed by atoms with Gasteiger partial charge < -0.3 is 9.30 Å².